The van der Waals surface area contributed by atoms with E-state index in [-0.39, 0.29) is 18.1 Å². The summed E-state index contributed by atoms with van der Waals surface area (Å²) in [5.41, 5.74) is 0.677. The third-order valence-electron chi connectivity index (χ3n) is 3.79. The van der Waals surface area contributed by atoms with Crippen molar-refractivity contribution < 1.29 is 9.90 Å². The zero-order chi connectivity index (χ0) is 15.3. The first-order chi connectivity index (χ1) is 10.1. The molecule has 1 aromatic carbocycles. The molecular weight excluding hydrogens is 284 g/mol. The number of carbonyl (C=O) groups is 1. The Morgan fingerprint density at radius 3 is 2.86 bits per heavy atom. The molecule has 1 unspecified atom stereocenters. The van der Waals surface area contributed by atoms with Crippen LogP contribution in [-0.4, -0.2) is 28.1 Å². The number of benzene rings is 1. The van der Waals surface area contributed by atoms with Crippen molar-refractivity contribution in [2.75, 3.05) is 6.61 Å². The number of fused-ring (bicyclic) bond motifs is 1. The lowest BCUT2D eigenvalue weighted by atomic mass is 9.94. The minimum Gasteiger partial charge on any atom is -0.396 e. The number of thiazole rings is 1. The van der Waals surface area contributed by atoms with E-state index in [1.165, 1.54) is 0 Å². The summed E-state index contributed by atoms with van der Waals surface area (Å²) >= 11 is 1.64. The number of aromatic nitrogens is 1. The van der Waals surface area contributed by atoms with Crippen molar-refractivity contribution >= 4 is 27.5 Å². The number of aliphatic hydroxyl groups is 1. The summed E-state index contributed by atoms with van der Waals surface area (Å²) in [4.78, 5) is 16.6. The average Bonchev–Trinajstić information content (AvgIpc) is 2.88. The Hall–Kier alpha value is -1.46. The van der Waals surface area contributed by atoms with Crippen molar-refractivity contribution in [1.29, 1.82) is 0 Å². The van der Waals surface area contributed by atoms with Gasteiger partial charge in [0.05, 0.1) is 15.2 Å². The van der Waals surface area contributed by atoms with Crippen LogP contribution in [0.2, 0.25) is 0 Å². The van der Waals surface area contributed by atoms with Crippen molar-refractivity contribution in [3.05, 3.63) is 29.3 Å². The molecule has 0 radical (unpaired) electrons. The van der Waals surface area contributed by atoms with Gasteiger partial charge in [0.15, 0.2) is 0 Å². The lowest BCUT2D eigenvalue weighted by molar-refractivity contribution is -0.123. The molecule has 1 atom stereocenters. The van der Waals surface area contributed by atoms with E-state index in [1.807, 2.05) is 38.1 Å². The Morgan fingerprint density at radius 1 is 1.43 bits per heavy atom. The fourth-order valence-electron chi connectivity index (χ4n) is 2.22. The van der Waals surface area contributed by atoms with Gasteiger partial charge in [-0.1, -0.05) is 19.1 Å². The Bertz CT molecular complexity index is 578. The van der Waals surface area contributed by atoms with Gasteiger partial charge in [0.2, 0.25) is 5.91 Å². The van der Waals surface area contributed by atoms with Crippen LogP contribution in [-0.2, 0) is 11.2 Å². The number of aliphatic hydroxyl groups excluding tert-OH is 1. The van der Waals surface area contributed by atoms with Crippen molar-refractivity contribution in [3.63, 3.8) is 0 Å². The fourth-order valence-corrected chi connectivity index (χ4v) is 3.19. The van der Waals surface area contributed by atoms with Gasteiger partial charge < -0.3 is 10.4 Å². The van der Waals surface area contributed by atoms with Gasteiger partial charge in [-0.3, -0.25) is 4.79 Å². The quantitative estimate of drug-likeness (QED) is 0.827. The summed E-state index contributed by atoms with van der Waals surface area (Å²) in [6.45, 7) is 4.07. The number of nitrogens with zero attached hydrogens (tertiary/aromatic N) is 1. The smallest absolute Gasteiger partial charge is 0.220 e. The molecule has 21 heavy (non-hydrogen) atoms. The summed E-state index contributed by atoms with van der Waals surface area (Å²) in [5, 5.41) is 13.1. The highest BCUT2D eigenvalue weighted by Gasteiger charge is 2.23. The van der Waals surface area contributed by atoms with Crippen molar-refractivity contribution in [2.45, 2.75) is 45.1 Å². The van der Waals surface area contributed by atoms with Gasteiger partial charge in [-0.15, -0.1) is 11.3 Å². The van der Waals surface area contributed by atoms with Gasteiger partial charge in [0, 0.05) is 25.0 Å². The highest BCUT2D eigenvalue weighted by molar-refractivity contribution is 7.18. The van der Waals surface area contributed by atoms with Crippen LogP contribution in [0.5, 0.6) is 0 Å². The lowest BCUT2D eigenvalue weighted by Gasteiger charge is -2.29. The number of rotatable bonds is 7. The molecule has 0 aliphatic carbocycles. The SMILES string of the molecule is CCC(C)(CCO)NC(=O)CCc1nc2ccccc2s1. The summed E-state index contributed by atoms with van der Waals surface area (Å²) in [7, 11) is 0. The van der Waals surface area contributed by atoms with E-state index < -0.39 is 0 Å². The topological polar surface area (TPSA) is 62.2 Å². The molecular formula is C16H22N2O2S. The first-order valence-electron chi connectivity index (χ1n) is 7.32. The van der Waals surface area contributed by atoms with Crippen LogP contribution in [0.15, 0.2) is 24.3 Å². The van der Waals surface area contributed by atoms with E-state index >= 15 is 0 Å². The van der Waals surface area contributed by atoms with Gasteiger partial charge in [-0.25, -0.2) is 4.98 Å². The Balaban J connectivity index is 1.91. The van der Waals surface area contributed by atoms with Crippen molar-refractivity contribution in [2.24, 2.45) is 0 Å². The molecule has 1 amide bonds. The van der Waals surface area contributed by atoms with Gasteiger partial charge in [-0.05, 0) is 31.9 Å². The number of para-hydroxylation sites is 1. The van der Waals surface area contributed by atoms with E-state index in [0.29, 0.717) is 19.3 Å². The molecule has 0 bridgehead atoms. The van der Waals surface area contributed by atoms with Crippen LogP contribution in [0.1, 0.15) is 38.1 Å². The molecule has 0 saturated carbocycles. The maximum Gasteiger partial charge on any atom is 0.220 e. The predicted octanol–water partition coefficient (Wildman–Crippen LogP) is 2.90. The molecule has 0 aliphatic heterocycles. The molecule has 114 valence electrons. The molecule has 1 aromatic heterocycles. The molecule has 2 aromatic rings. The first kappa shape index (κ1) is 15.9. The second kappa shape index (κ2) is 7.00. The monoisotopic (exact) mass is 306 g/mol. The highest BCUT2D eigenvalue weighted by Crippen LogP contribution is 2.22. The average molecular weight is 306 g/mol. The van der Waals surface area contributed by atoms with Crippen LogP contribution in [0, 0.1) is 0 Å². The van der Waals surface area contributed by atoms with Crippen LogP contribution >= 0.6 is 11.3 Å². The van der Waals surface area contributed by atoms with E-state index in [2.05, 4.69) is 10.3 Å². The maximum atomic E-state index is 12.1. The second-order valence-corrected chi connectivity index (χ2v) is 6.63. The number of hydrogen-bond donors (Lipinski definition) is 2. The Morgan fingerprint density at radius 2 is 2.19 bits per heavy atom. The largest absolute Gasteiger partial charge is 0.396 e. The Kier molecular flexibility index (Phi) is 5.31. The molecule has 0 saturated heterocycles. The normalized spacial score (nSPS) is 14.0. The molecule has 2 rings (SSSR count). The number of carbonyl (C=O) groups excluding carboxylic acids is 1. The first-order valence-corrected chi connectivity index (χ1v) is 8.14. The zero-order valence-corrected chi connectivity index (χ0v) is 13.4. The number of nitrogens with one attached hydrogen (secondary N) is 1. The van der Waals surface area contributed by atoms with E-state index in [4.69, 9.17) is 5.11 Å². The zero-order valence-electron chi connectivity index (χ0n) is 12.6. The van der Waals surface area contributed by atoms with Crippen molar-refractivity contribution in [3.8, 4) is 0 Å². The molecule has 0 fully saturated rings. The standard InChI is InChI=1S/C16H22N2O2S/c1-3-16(2,10-11-19)18-14(20)8-9-15-17-12-6-4-5-7-13(12)21-15/h4-7,19H,3,8-11H2,1-2H3,(H,18,20). The summed E-state index contributed by atoms with van der Waals surface area (Å²) < 4.78 is 1.16. The van der Waals surface area contributed by atoms with Crippen LogP contribution in [0.25, 0.3) is 10.2 Å². The molecule has 1 heterocycles. The Labute approximate surface area is 129 Å². The van der Waals surface area contributed by atoms with Crippen LogP contribution in [0.4, 0.5) is 0 Å². The summed E-state index contributed by atoms with van der Waals surface area (Å²) in [5.74, 6) is 0.0204. The third kappa shape index (κ3) is 4.25. The number of amides is 1. The summed E-state index contributed by atoms with van der Waals surface area (Å²) in [6.07, 6.45) is 2.47. The minimum absolute atomic E-state index is 0.0204. The van der Waals surface area contributed by atoms with Gasteiger partial charge in [-0.2, -0.15) is 0 Å². The summed E-state index contributed by atoms with van der Waals surface area (Å²) in [6, 6.07) is 8.01. The minimum atomic E-state index is -0.320. The molecule has 0 aliphatic rings. The maximum absolute atomic E-state index is 12.1. The highest BCUT2D eigenvalue weighted by atomic mass is 32.1. The van der Waals surface area contributed by atoms with E-state index in [9.17, 15) is 4.79 Å². The number of hydrogen-bond acceptors (Lipinski definition) is 4. The molecule has 4 nitrogen and oxygen atoms in total. The van der Waals surface area contributed by atoms with Crippen LogP contribution in [0.3, 0.4) is 0 Å². The molecule has 2 N–H and O–H groups in total. The van der Waals surface area contributed by atoms with Gasteiger partial charge >= 0.3 is 0 Å². The lowest BCUT2D eigenvalue weighted by Crippen LogP contribution is -2.46. The van der Waals surface area contributed by atoms with E-state index in [1.54, 1.807) is 11.3 Å². The third-order valence-corrected chi connectivity index (χ3v) is 4.89. The number of aryl methyl sites for hydroxylation is 1. The second-order valence-electron chi connectivity index (χ2n) is 5.51. The van der Waals surface area contributed by atoms with Gasteiger partial charge in [0.1, 0.15) is 0 Å². The van der Waals surface area contributed by atoms with Gasteiger partial charge in [0.25, 0.3) is 0 Å². The van der Waals surface area contributed by atoms with E-state index in [0.717, 1.165) is 21.6 Å². The predicted molar refractivity (Wildman–Crippen MR) is 86.5 cm³/mol. The fraction of sp³-hybridized carbons (Fsp3) is 0.500. The van der Waals surface area contributed by atoms with Crippen molar-refractivity contribution in [1.82, 2.24) is 10.3 Å². The molecule has 5 heteroatoms. The molecule has 0 spiro atoms. The van der Waals surface area contributed by atoms with Crippen LogP contribution < -0.4 is 5.32 Å².